The number of alkyl halides is 3. The summed E-state index contributed by atoms with van der Waals surface area (Å²) >= 11 is 0. The molecule has 1 N–H and O–H groups in total. The van der Waals surface area contributed by atoms with Crippen LogP contribution in [0.2, 0.25) is 0 Å². The summed E-state index contributed by atoms with van der Waals surface area (Å²) in [4.78, 5) is 2.73. The summed E-state index contributed by atoms with van der Waals surface area (Å²) in [6.07, 6.45) is -3.07. The summed E-state index contributed by atoms with van der Waals surface area (Å²) in [6.45, 7) is 1.77. The van der Waals surface area contributed by atoms with Gasteiger partial charge in [0.05, 0.1) is 5.56 Å². The molecule has 2 aromatic rings. The summed E-state index contributed by atoms with van der Waals surface area (Å²) in [6, 6.07) is 4.83. The zero-order valence-electron chi connectivity index (χ0n) is 8.90. The highest BCUT2D eigenvalue weighted by molar-refractivity contribution is 5.62. The lowest BCUT2D eigenvalue weighted by molar-refractivity contribution is -0.139. The first-order chi connectivity index (χ1) is 7.89. The van der Waals surface area contributed by atoms with E-state index in [0.717, 1.165) is 11.6 Å². The maximum atomic E-state index is 13.7. The van der Waals surface area contributed by atoms with Gasteiger partial charge in [0.15, 0.2) is 0 Å². The molecule has 0 radical (unpaired) electrons. The van der Waals surface area contributed by atoms with Crippen LogP contribution in [-0.2, 0) is 6.18 Å². The van der Waals surface area contributed by atoms with Crippen LogP contribution in [0.3, 0.4) is 0 Å². The molecule has 1 heterocycles. The second-order valence-electron chi connectivity index (χ2n) is 3.76. The minimum absolute atomic E-state index is 0.0760. The van der Waals surface area contributed by atoms with Crippen molar-refractivity contribution in [3.63, 3.8) is 0 Å². The summed E-state index contributed by atoms with van der Waals surface area (Å²) in [7, 11) is 0. The number of rotatable bonds is 1. The zero-order valence-corrected chi connectivity index (χ0v) is 8.90. The molecule has 0 bridgehead atoms. The van der Waals surface area contributed by atoms with E-state index in [1.165, 1.54) is 12.1 Å². The fourth-order valence-corrected chi connectivity index (χ4v) is 1.62. The van der Waals surface area contributed by atoms with Crippen LogP contribution in [0.5, 0.6) is 0 Å². The van der Waals surface area contributed by atoms with Crippen LogP contribution in [0.15, 0.2) is 30.5 Å². The molecule has 0 saturated carbocycles. The van der Waals surface area contributed by atoms with Gasteiger partial charge in [-0.05, 0) is 30.7 Å². The Kier molecular flexibility index (Phi) is 2.69. The standard InChI is InChI=1S/C12H9F4N/c1-7-5-10(17-6-7)8-3-2-4-9(11(8)13)12(14,15)16/h2-6,17H,1H3. The van der Waals surface area contributed by atoms with Crippen molar-refractivity contribution in [3.05, 3.63) is 47.4 Å². The van der Waals surface area contributed by atoms with E-state index in [2.05, 4.69) is 4.98 Å². The number of aromatic amines is 1. The molecule has 0 saturated heterocycles. The topological polar surface area (TPSA) is 15.8 Å². The van der Waals surface area contributed by atoms with Gasteiger partial charge in [0.1, 0.15) is 5.82 Å². The fraction of sp³-hybridized carbons (Fsp3) is 0.167. The van der Waals surface area contributed by atoms with Crippen LogP contribution in [0.1, 0.15) is 11.1 Å². The summed E-state index contributed by atoms with van der Waals surface area (Å²) in [5.41, 5.74) is -0.155. The van der Waals surface area contributed by atoms with Crippen LogP contribution in [-0.4, -0.2) is 4.98 Å². The molecule has 0 spiro atoms. The number of hydrogen-bond donors (Lipinski definition) is 1. The maximum absolute atomic E-state index is 13.7. The molecule has 0 atom stereocenters. The van der Waals surface area contributed by atoms with Crippen LogP contribution < -0.4 is 0 Å². The van der Waals surface area contributed by atoms with Gasteiger partial charge in [-0.25, -0.2) is 4.39 Å². The highest BCUT2D eigenvalue weighted by Gasteiger charge is 2.35. The summed E-state index contributed by atoms with van der Waals surface area (Å²) < 4.78 is 51.2. The molecule has 17 heavy (non-hydrogen) atoms. The molecule has 0 aliphatic rings. The normalized spacial score (nSPS) is 11.8. The van der Waals surface area contributed by atoms with Crippen molar-refractivity contribution in [2.75, 3.05) is 0 Å². The number of benzene rings is 1. The molecule has 0 aliphatic carbocycles. The van der Waals surface area contributed by atoms with Crippen LogP contribution in [0.25, 0.3) is 11.3 Å². The molecule has 5 heteroatoms. The Morgan fingerprint density at radius 2 is 1.88 bits per heavy atom. The van der Waals surface area contributed by atoms with Gasteiger partial charge in [0.25, 0.3) is 0 Å². The zero-order chi connectivity index (χ0) is 12.6. The highest BCUT2D eigenvalue weighted by Crippen LogP contribution is 2.35. The van der Waals surface area contributed by atoms with Gasteiger partial charge in [-0.1, -0.05) is 6.07 Å². The van der Waals surface area contributed by atoms with Gasteiger partial charge >= 0.3 is 6.18 Å². The molecule has 1 aromatic heterocycles. The maximum Gasteiger partial charge on any atom is 0.419 e. The minimum Gasteiger partial charge on any atom is -0.361 e. The Balaban J connectivity index is 2.57. The number of aromatic nitrogens is 1. The highest BCUT2D eigenvalue weighted by atomic mass is 19.4. The smallest absolute Gasteiger partial charge is 0.361 e. The third-order valence-corrected chi connectivity index (χ3v) is 2.42. The van der Waals surface area contributed by atoms with E-state index < -0.39 is 17.6 Å². The lowest BCUT2D eigenvalue weighted by atomic mass is 10.1. The Hall–Kier alpha value is -1.78. The fourth-order valence-electron chi connectivity index (χ4n) is 1.62. The molecular weight excluding hydrogens is 234 g/mol. The molecule has 2 rings (SSSR count). The van der Waals surface area contributed by atoms with E-state index in [1.807, 2.05) is 0 Å². The van der Waals surface area contributed by atoms with E-state index in [1.54, 1.807) is 19.2 Å². The molecule has 1 nitrogen and oxygen atoms in total. The van der Waals surface area contributed by atoms with E-state index >= 15 is 0 Å². The number of aryl methyl sites for hydroxylation is 1. The third-order valence-electron chi connectivity index (χ3n) is 2.42. The first kappa shape index (κ1) is 11.7. The first-order valence-electron chi connectivity index (χ1n) is 4.90. The lowest BCUT2D eigenvalue weighted by Crippen LogP contribution is -2.08. The average molecular weight is 243 g/mol. The van der Waals surface area contributed by atoms with E-state index in [9.17, 15) is 17.6 Å². The second-order valence-corrected chi connectivity index (χ2v) is 3.76. The van der Waals surface area contributed by atoms with E-state index in [4.69, 9.17) is 0 Å². The van der Waals surface area contributed by atoms with E-state index in [0.29, 0.717) is 5.69 Å². The Morgan fingerprint density at radius 3 is 2.41 bits per heavy atom. The molecule has 90 valence electrons. The van der Waals surface area contributed by atoms with Crippen LogP contribution in [0, 0.1) is 12.7 Å². The van der Waals surface area contributed by atoms with Crippen molar-refractivity contribution in [1.82, 2.24) is 4.98 Å². The molecule has 0 fully saturated rings. The van der Waals surface area contributed by atoms with Crippen LogP contribution >= 0.6 is 0 Å². The van der Waals surface area contributed by atoms with Gasteiger partial charge in [0.2, 0.25) is 0 Å². The average Bonchev–Trinajstić information content (AvgIpc) is 2.63. The molecule has 0 unspecified atom stereocenters. The predicted molar refractivity (Wildman–Crippen MR) is 55.9 cm³/mol. The SMILES string of the molecule is Cc1c[nH]c(-c2cccc(C(F)(F)F)c2F)c1. The molecule has 0 amide bonds. The summed E-state index contributed by atoms with van der Waals surface area (Å²) in [5.74, 6) is -1.25. The predicted octanol–water partition coefficient (Wildman–Crippen LogP) is 4.15. The number of H-pyrrole nitrogens is 1. The van der Waals surface area contributed by atoms with Crippen molar-refractivity contribution in [2.45, 2.75) is 13.1 Å². The number of hydrogen-bond acceptors (Lipinski definition) is 0. The third kappa shape index (κ3) is 2.18. The van der Waals surface area contributed by atoms with Gasteiger partial charge in [0, 0.05) is 17.5 Å². The van der Waals surface area contributed by atoms with Crippen molar-refractivity contribution in [2.24, 2.45) is 0 Å². The van der Waals surface area contributed by atoms with Crippen molar-refractivity contribution < 1.29 is 17.6 Å². The Bertz CT molecular complexity index is 540. The van der Waals surface area contributed by atoms with Crippen molar-refractivity contribution in [3.8, 4) is 11.3 Å². The molecule has 0 aliphatic heterocycles. The Labute approximate surface area is 95.1 Å². The second kappa shape index (κ2) is 3.91. The van der Waals surface area contributed by atoms with Crippen LogP contribution in [0.4, 0.5) is 17.6 Å². The molecule has 1 aromatic carbocycles. The first-order valence-corrected chi connectivity index (χ1v) is 4.90. The van der Waals surface area contributed by atoms with E-state index in [-0.39, 0.29) is 5.56 Å². The molecular formula is C12H9F4N. The monoisotopic (exact) mass is 243 g/mol. The number of nitrogens with one attached hydrogen (secondary N) is 1. The number of halogens is 4. The van der Waals surface area contributed by atoms with Gasteiger partial charge in [-0.15, -0.1) is 0 Å². The minimum atomic E-state index is -4.68. The Morgan fingerprint density at radius 1 is 1.18 bits per heavy atom. The largest absolute Gasteiger partial charge is 0.419 e. The summed E-state index contributed by atoms with van der Waals surface area (Å²) in [5, 5.41) is 0. The van der Waals surface area contributed by atoms with Gasteiger partial charge in [-0.3, -0.25) is 0 Å². The lowest BCUT2D eigenvalue weighted by Gasteiger charge is -2.10. The quantitative estimate of drug-likeness (QED) is 0.724. The van der Waals surface area contributed by atoms with Crippen molar-refractivity contribution in [1.29, 1.82) is 0 Å². The van der Waals surface area contributed by atoms with Gasteiger partial charge < -0.3 is 4.98 Å². The van der Waals surface area contributed by atoms with Crippen molar-refractivity contribution >= 4 is 0 Å². The van der Waals surface area contributed by atoms with Gasteiger partial charge in [-0.2, -0.15) is 13.2 Å².